The van der Waals surface area contributed by atoms with Crippen LogP contribution in [-0.4, -0.2) is 17.8 Å². The van der Waals surface area contributed by atoms with Gasteiger partial charge >= 0.3 is 0 Å². The summed E-state index contributed by atoms with van der Waals surface area (Å²) in [4.78, 5) is 26.3. The molecule has 1 saturated heterocycles. The fourth-order valence-corrected chi connectivity index (χ4v) is 4.07. The number of carbonyl (C=O) groups is 2. The minimum atomic E-state index is -0.450. The second-order valence-electron chi connectivity index (χ2n) is 5.22. The molecule has 3 rings (SSSR count). The van der Waals surface area contributed by atoms with E-state index < -0.39 is 11.1 Å². The maximum Gasteiger partial charge on any atom is 0.298 e. The number of para-hydroxylation sites is 1. The van der Waals surface area contributed by atoms with Crippen molar-refractivity contribution >= 4 is 69.5 Å². The number of hydrogen-bond acceptors (Lipinski definition) is 4. The SMILES string of the molecule is CCOc1c(Cl)cc(/C=C2\SC(=O)N(c3ccccc3Cl)C2=O)cc1Cl. The van der Waals surface area contributed by atoms with Crippen LogP contribution in [0.2, 0.25) is 15.1 Å². The van der Waals surface area contributed by atoms with Crippen LogP contribution >= 0.6 is 46.6 Å². The van der Waals surface area contributed by atoms with Crippen molar-refractivity contribution in [3.8, 4) is 5.75 Å². The van der Waals surface area contributed by atoms with Crippen molar-refractivity contribution < 1.29 is 14.3 Å². The summed E-state index contributed by atoms with van der Waals surface area (Å²) in [6.07, 6.45) is 1.56. The predicted octanol–water partition coefficient (Wildman–Crippen LogP) is 6.29. The van der Waals surface area contributed by atoms with Gasteiger partial charge < -0.3 is 4.74 Å². The van der Waals surface area contributed by atoms with Crippen molar-refractivity contribution in [2.75, 3.05) is 11.5 Å². The molecule has 0 bridgehead atoms. The lowest BCUT2D eigenvalue weighted by molar-refractivity contribution is -0.113. The Hall–Kier alpha value is -1.66. The third kappa shape index (κ3) is 3.71. The number of carbonyl (C=O) groups excluding carboxylic acids is 2. The first kappa shape index (κ1) is 19.1. The van der Waals surface area contributed by atoms with E-state index in [0.29, 0.717) is 38.7 Å². The van der Waals surface area contributed by atoms with Crippen molar-refractivity contribution in [3.63, 3.8) is 0 Å². The van der Waals surface area contributed by atoms with Gasteiger partial charge in [-0.1, -0.05) is 46.9 Å². The third-order valence-electron chi connectivity index (χ3n) is 3.49. The summed E-state index contributed by atoms with van der Waals surface area (Å²) in [6, 6.07) is 9.93. The largest absolute Gasteiger partial charge is 0.491 e. The highest BCUT2D eigenvalue weighted by Gasteiger charge is 2.37. The highest BCUT2D eigenvalue weighted by Crippen LogP contribution is 2.40. The lowest BCUT2D eigenvalue weighted by atomic mass is 10.2. The Balaban J connectivity index is 1.95. The fourth-order valence-electron chi connectivity index (χ4n) is 2.40. The van der Waals surface area contributed by atoms with Crippen LogP contribution in [0.1, 0.15) is 12.5 Å². The molecule has 1 heterocycles. The van der Waals surface area contributed by atoms with Gasteiger partial charge in [0.15, 0.2) is 5.75 Å². The van der Waals surface area contributed by atoms with Gasteiger partial charge in [-0.3, -0.25) is 9.59 Å². The quantitative estimate of drug-likeness (QED) is 0.537. The highest BCUT2D eigenvalue weighted by molar-refractivity contribution is 8.19. The Morgan fingerprint density at radius 3 is 2.35 bits per heavy atom. The average molecular weight is 429 g/mol. The lowest BCUT2D eigenvalue weighted by Gasteiger charge is -2.13. The number of rotatable bonds is 4. The molecule has 0 radical (unpaired) electrons. The number of nitrogens with zero attached hydrogens (tertiary/aromatic N) is 1. The second kappa shape index (κ2) is 7.92. The van der Waals surface area contributed by atoms with Crippen LogP contribution in [0.25, 0.3) is 6.08 Å². The highest BCUT2D eigenvalue weighted by atomic mass is 35.5. The average Bonchev–Trinajstić information content (AvgIpc) is 2.85. The molecule has 0 N–H and O–H groups in total. The fraction of sp³-hybridized carbons (Fsp3) is 0.111. The number of imide groups is 1. The molecule has 0 aromatic heterocycles. The Morgan fingerprint density at radius 2 is 1.73 bits per heavy atom. The second-order valence-corrected chi connectivity index (χ2v) is 7.43. The molecule has 0 spiro atoms. The van der Waals surface area contributed by atoms with Crippen molar-refractivity contribution in [2.45, 2.75) is 6.92 Å². The number of anilines is 1. The molecule has 8 heteroatoms. The van der Waals surface area contributed by atoms with Gasteiger partial charge in [-0.2, -0.15) is 0 Å². The minimum Gasteiger partial charge on any atom is -0.491 e. The summed E-state index contributed by atoms with van der Waals surface area (Å²) in [5.74, 6) is -0.0635. The van der Waals surface area contributed by atoms with Crippen LogP contribution < -0.4 is 9.64 Å². The first-order valence-corrected chi connectivity index (χ1v) is 9.51. The number of benzene rings is 2. The monoisotopic (exact) mass is 427 g/mol. The van der Waals surface area contributed by atoms with E-state index in [0.717, 1.165) is 16.7 Å². The molecule has 26 heavy (non-hydrogen) atoms. The van der Waals surface area contributed by atoms with E-state index in [4.69, 9.17) is 39.5 Å². The molecule has 0 atom stereocenters. The van der Waals surface area contributed by atoms with Crippen LogP contribution in [0.4, 0.5) is 10.5 Å². The van der Waals surface area contributed by atoms with Gasteiger partial charge in [0.1, 0.15) is 0 Å². The van der Waals surface area contributed by atoms with Gasteiger partial charge in [-0.05, 0) is 54.6 Å². The molecule has 134 valence electrons. The zero-order valence-corrected chi connectivity index (χ0v) is 16.5. The Bertz CT molecular complexity index is 907. The summed E-state index contributed by atoms with van der Waals surface area (Å²) in [6.45, 7) is 2.25. The summed E-state index contributed by atoms with van der Waals surface area (Å²) in [5, 5.41) is 0.563. The van der Waals surface area contributed by atoms with Gasteiger partial charge in [0.25, 0.3) is 11.1 Å². The van der Waals surface area contributed by atoms with Gasteiger partial charge in [0.2, 0.25) is 0 Å². The summed E-state index contributed by atoms with van der Waals surface area (Å²) < 4.78 is 5.38. The smallest absolute Gasteiger partial charge is 0.298 e. The topological polar surface area (TPSA) is 46.6 Å². The molecule has 2 aromatic rings. The normalized spacial score (nSPS) is 15.8. The van der Waals surface area contributed by atoms with Crippen LogP contribution in [-0.2, 0) is 4.79 Å². The molecule has 2 amide bonds. The van der Waals surface area contributed by atoms with Crippen LogP contribution in [0.5, 0.6) is 5.75 Å². The van der Waals surface area contributed by atoms with Crippen molar-refractivity contribution in [1.29, 1.82) is 0 Å². The standard InChI is InChI=1S/C18H12Cl3NO3S/c1-2-25-16-12(20)7-10(8-13(16)21)9-15-17(23)22(18(24)26-15)14-6-4-3-5-11(14)19/h3-9H,2H2,1H3/b15-9-. The molecule has 1 fully saturated rings. The predicted molar refractivity (Wildman–Crippen MR) is 108 cm³/mol. The zero-order chi connectivity index (χ0) is 18.8. The van der Waals surface area contributed by atoms with E-state index in [9.17, 15) is 9.59 Å². The van der Waals surface area contributed by atoms with Crippen LogP contribution in [0.3, 0.4) is 0 Å². The maximum absolute atomic E-state index is 12.7. The number of halogens is 3. The van der Waals surface area contributed by atoms with Crippen molar-refractivity contribution in [3.05, 3.63) is 61.9 Å². The molecule has 2 aromatic carbocycles. The van der Waals surface area contributed by atoms with Gasteiger partial charge in [0, 0.05) is 0 Å². The van der Waals surface area contributed by atoms with E-state index in [1.807, 2.05) is 6.92 Å². The van der Waals surface area contributed by atoms with Crippen molar-refractivity contribution in [2.24, 2.45) is 0 Å². The summed E-state index contributed by atoms with van der Waals surface area (Å²) >= 11 is 19.3. The Kier molecular flexibility index (Phi) is 5.82. The zero-order valence-electron chi connectivity index (χ0n) is 13.5. The number of hydrogen-bond donors (Lipinski definition) is 0. The molecule has 0 saturated carbocycles. The van der Waals surface area contributed by atoms with E-state index >= 15 is 0 Å². The number of thioether (sulfide) groups is 1. The van der Waals surface area contributed by atoms with Crippen LogP contribution in [0, 0.1) is 0 Å². The Labute approximate surface area is 169 Å². The first-order valence-electron chi connectivity index (χ1n) is 7.56. The maximum atomic E-state index is 12.7. The summed E-state index contributed by atoms with van der Waals surface area (Å²) in [5.41, 5.74) is 0.941. The molecule has 0 unspecified atom stereocenters. The molecule has 1 aliphatic rings. The number of amides is 2. The third-order valence-corrected chi connectivity index (χ3v) is 5.24. The van der Waals surface area contributed by atoms with E-state index in [1.165, 1.54) is 0 Å². The lowest BCUT2D eigenvalue weighted by Crippen LogP contribution is -2.27. The van der Waals surface area contributed by atoms with Gasteiger partial charge in [0.05, 0.1) is 32.3 Å². The van der Waals surface area contributed by atoms with E-state index in [1.54, 1.807) is 42.5 Å². The van der Waals surface area contributed by atoms with Crippen molar-refractivity contribution in [1.82, 2.24) is 0 Å². The molecule has 0 aliphatic carbocycles. The van der Waals surface area contributed by atoms with E-state index in [-0.39, 0.29) is 4.91 Å². The number of ether oxygens (including phenoxy) is 1. The van der Waals surface area contributed by atoms with Gasteiger partial charge in [-0.15, -0.1) is 0 Å². The summed E-state index contributed by atoms with van der Waals surface area (Å²) in [7, 11) is 0. The molecule has 1 aliphatic heterocycles. The van der Waals surface area contributed by atoms with E-state index in [2.05, 4.69) is 0 Å². The molecule has 4 nitrogen and oxygen atoms in total. The molecular weight excluding hydrogens is 417 g/mol. The Morgan fingerprint density at radius 1 is 1.08 bits per heavy atom. The molecular formula is C18H12Cl3NO3S. The minimum absolute atomic E-state index is 0.256. The van der Waals surface area contributed by atoms with Gasteiger partial charge in [-0.25, -0.2) is 4.90 Å². The first-order chi connectivity index (χ1) is 12.4. The van der Waals surface area contributed by atoms with Crippen LogP contribution in [0.15, 0.2) is 41.3 Å².